The van der Waals surface area contributed by atoms with Crippen LogP contribution in [0.3, 0.4) is 0 Å². The van der Waals surface area contributed by atoms with Gasteiger partial charge in [-0.25, -0.2) is 4.79 Å². The summed E-state index contributed by atoms with van der Waals surface area (Å²) >= 11 is 0. The Morgan fingerprint density at radius 3 is 2.58 bits per heavy atom. The third-order valence-electron chi connectivity index (χ3n) is 2.83. The molecule has 0 aliphatic rings. The molecular formula is C14H14N2O3. The third-order valence-corrected chi connectivity index (χ3v) is 2.83. The van der Waals surface area contributed by atoms with Crippen molar-refractivity contribution in [2.75, 3.05) is 7.11 Å². The first-order valence-electron chi connectivity index (χ1n) is 5.80. The number of aryl methyl sites for hydroxylation is 1. The average molecular weight is 258 g/mol. The SMILES string of the molecule is COC(=O)c1ccc(Cn2cc(C=O)c(C)n2)cc1. The molecule has 0 saturated heterocycles. The first-order valence-corrected chi connectivity index (χ1v) is 5.80. The van der Waals surface area contributed by atoms with Gasteiger partial charge in [0.2, 0.25) is 0 Å². The van der Waals surface area contributed by atoms with Gasteiger partial charge < -0.3 is 4.74 Å². The minimum atomic E-state index is -0.357. The Kier molecular flexibility index (Phi) is 3.75. The molecule has 0 spiro atoms. The largest absolute Gasteiger partial charge is 0.465 e. The summed E-state index contributed by atoms with van der Waals surface area (Å²) < 4.78 is 6.33. The fourth-order valence-electron chi connectivity index (χ4n) is 1.78. The summed E-state index contributed by atoms with van der Waals surface area (Å²) in [4.78, 5) is 22.0. The molecule has 5 nitrogen and oxygen atoms in total. The van der Waals surface area contributed by atoms with E-state index in [1.165, 1.54) is 7.11 Å². The molecule has 1 aromatic heterocycles. The van der Waals surface area contributed by atoms with Gasteiger partial charge in [-0.3, -0.25) is 9.48 Å². The van der Waals surface area contributed by atoms with E-state index in [0.717, 1.165) is 11.8 Å². The number of benzene rings is 1. The van der Waals surface area contributed by atoms with Crippen LogP contribution in [0.5, 0.6) is 0 Å². The lowest BCUT2D eigenvalue weighted by Crippen LogP contribution is -2.03. The Morgan fingerprint density at radius 2 is 2.05 bits per heavy atom. The first-order chi connectivity index (χ1) is 9.13. The van der Waals surface area contributed by atoms with Gasteiger partial charge >= 0.3 is 5.97 Å². The molecule has 1 heterocycles. The molecule has 0 aliphatic heterocycles. The van der Waals surface area contributed by atoms with Crippen molar-refractivity contribution in [1.82, 2.24) is 9.78 Å². The maximum Gasteiger partial charge on any atom is 0.337 e. The van der Waals surface area contributed by atoms with Crippen LogP contribution in [-0.4, -0.2) is 29.1 Å². The second-order valence-corrected chi connectivity index (χ2v) is 4.17. The highest BCUT2D eigenvalue weighted by Crippen LogP contribution is 2.09. The van der Waals surface area contributed by atoms with Gasteiger partial charge in [0.25, 0.3) is 0 Å². The van der Waals surface area contributed by atoms with Crippen LogP contribution in [0, 0.1) is 6.92 Å². The maximum absolute atomic E-state index is 11.3. The van der Waals surface area contributed by atoms with Gasteiger partial charge in [0, 0.05) is 6.20 Å². The van der Waals surface area contributed by atoms with Crippen molar-refractivity contribution in [2.24, 2.45) is 0 Å². The Balaban J connectivity index is 2.14. The molecule has 0 bridgehead atoms. The predicted molar refractivity (Wildman–Crippen MR) is 69.2 cm³/mol. The molecule has 2 rings (SSSR count). The monoisotopic (exact) mass is 258 g/mol. The Bertz CT molecular complexity index is 600. The van der Waals surface area contributed by atoms with Crippen LogP contribution in [-0.2, 0) is 11.3 Å². The second-order valence-electron chi connectivity index (χ2n) is 4.17. The quantitative estimate of drug-likeness (QED) is 0.620. The predicted octanol–water partition coefficient (Wildman–Crippen LogP) is 1.84. The van der Waals surface area contributed by atoms with Crippen LogP contribution in [0.15, 0.2) is 30.5 Å². The molecule has 19 heavy (non-hydrogen) atoms. The van der Waals surface area contributed by atoms with E-state index >= 15 is 0 Å². The van der Waals surface area contributed by atoms with Crippen LogP contribution < -0.4 is 0 Å². The summed E-state index contributed by atoms with van der Waals surface area (Å²) in [5, 5.41) is 4.24. The molecular weight excluding hydrogens is 244 g/mol. The van der Waals surface area contributed by atoms with Crippen molar-refractivity contribution < 1.29 is 14.3 Å². The van der Waals surface area contributed by atoms with Crippen LogP contribution >= 0.6 is 0 Å². The minimum Gasteiger partial charge on any atom is -0.465 e. The number of aldehydes is 1. The Hall–Kier alpha value is -2.43. The van der Waals surface area contributed by atoms with Gasteiger partial charge in [-0.05, 0) is 24.6 Å². The van der Waals surface area contributed by atoms with Crippen molar-refractivity contribution in [3.05, 3.63) is 52.8 Å². The highest BCUT2D eigenvalue weighted by Gasteiger charge is 2.06. The molecule has 0 amide bonds. The number of hydrogen-bond donors (Lipinski definition) is 0. The fraction of sp³-hybridized carbons (Fsp3) is 0.214. The van der Waals surface area contributed by atoms with Crippen molar-refractivity contribution in [1.29, 1.82) is 0 Å². The standard InChI is InChI=1S/C14H14N2O3/c1-10-13(9-17)8-16(15-10)7-11-3-5-12(6-4-11)14(18)19-2/h3-6,8-9H,7H2,1-2H3. The molecule has 98 valence electrons. The fourth-order valence-corrected chi connectivity index (χ4v) is 1.78. The van der Waals surface area contributed by atoms with Crippen molar-refractivity contribution in [3.8, 4) is 0 Å². The number of esters is 1. The molecule has 1 aromatic carbocycles. The summed E-state index contributed by atoms with van der Waals surface area (Å²) in [7, 11) is 1.35. The molecule has 0 unspecified atom stereocenters. The van der Waals surface area contributed by atoms with Crippen LogP contribution in [0.1, 0.15) is 32.0 Å². The van der Waals surface area contributed by atoms with Gasteiger partial charge in [-0.2, -0.15) is 5.10 Å². The van der Waals surface area contributed by atoms with E-state index in [1.54, 1.807) is 29.9 Å². The average Bonchev–Trinajstić information content (AvgIpc) is 2.78. The molecule has 0 atom stereocenters. The van der Waals surface area contributed by atoms with Gasteiger partial charge in [0.05, 0.1) is 30.5 Å². The highest BCUT2D eigenvalue weighted by atomic mass is 16.5. The molecule has 0 aliphatic carbocycles. The van der Waals surface area contributed by atoms with E-state index in [-0.39, 0.29) is 5.97 Å². The van der Waals surface area contributed by atoms with Gasteiger partial charge in [0.1, 0.15) is 0 Å². The topological polar surface area (TPSA) is 61.2 Å². The van der Waals surface area contributed by atoms with Gasteiger partial charge in [-0.1, -0.05) is 12.1 Å². The smallest absolute Gasteiger partial charge is 0.337 e. The molecule has 0 radical (unpaired) electrons. The number of aromatic nitrogens is 2. The van der Waals surface area contributed by atoms with Crippen LogP contribution in [0.4, 0.5) is 0 Å². The van der Waals surface area contributed by atoms with Crippen molar-refractivity contribution in [2.45, 2.75) is 13.5 Å². The summed E-state index contributed by atoms with van der Waals surface area (Å²) in [6, 6.07) is 7.09. The van der Waals surface area contributed by atoms with Crippen molar-refractivity contribution in [3.63, 3.8) is 0 Å². The number of carbonyl (C=O) groups excluding carboxylic acids is 2. The van der Waals surface area contributed by atoms with Crippen LogP contribution in [0.2, 0.25) is 0 Å². The zero-order valence-corrected chi connectivity index (χ0v) is 10.8. The van der Waals surface area contributed by atoms with Crippen molar-refractivity contribution >= 4 is 12.3 Å². The maximum atomic E-state index is 11.3. The number of ether oxygens (including phenoxy) is 1. The van der Waals surface area contributed by atoms with E-state index in [4.69, 9.17) is 0 Å². The lowest BCUT2D eigenvalue weighted by molar-refractivity contribution is 0.0600. The van der Waals surface area contributed by atoms with E-state index < -0.39 is 0 Å². The molecule has 0 saturated carbocycles. The van der Waals surface area contributed by atoms with E-state index in [0.29, 0.717) is 23.4 Å². The normalized spacial score (nSPS) is 10.2. The number of rotatable bonds is 4. The highest BCUT2D eigenvalue weighted by molar-refractivity contribution is 5.89. The third kappa shape index (κ3) is 2.88. The Labute approximate surface area is 110 Å². The molecule has 0 N–H and O–H groups in total. The number of methoxy groups -OCH3 is 1. The lowest BCUT2D eigenvalue weighted by Gasteiger charge is -2.03. The van der Waals surface area contributed by atoms with E-state index in [9.17, 15) is 9.59 Å². The number of carbonyl (C=O) groups is 2. The molecule has 5 heteroatoms. The summed E-state index contributed by atoms with van der Waals surface area (Å²) in [5.41, 5.74) is 2.80. The van der Waals surface area contributed by atoms with E-state index in [1.807, 2.05) is 12.1 Å². The molecule has 2 aromatic rings. The number of hydrogen-bond acceptors (Lipinski definition) is 4. The minimum absolute atomic E-state index is 0.357. The van der Waals surface area contributed by atoms with E-state index in [2.05, 4.69) is 9.84 Å². The summed E-state index contributed by atoms with van der Waals surface area (Å²) in [5.74, 6) is -0.357. The first kappa shape index (κ1) is 13.0. The second kappa shape index (κ2) is 5.48. The van der Waals surface area contributed by atoms with Gasteiger partial charge in [-0.15, -0.1) is 0 Å². The zero-order valence-electron chi connectivity index (χ0n) is 10.8. The summed E-state index contributed by atoms with van der Waals surface area (Å²) in [6.07, 6.45) is 2.50. The zero-order chi connectivity index (χ0) is 13.8. The van der Waals surface area contributed by atoms with Gasteiger partial charge in [0.15, 0.2) is 6.29 Å². The Morgan fingerprint density at radius 1 is 1.37 bits per heavy atom. The summed E-state index contributed by atoms with van der Waals surface area (Å²) in [6.45, 7) is 2.34. The lowest BCUT2D eigenvalue weighted by atomic mass is 10.1. The molecule has 0 fully saturated rings. The van der Waals surface area contributed by atoms with Crippen LogP contribution in [0.25, 0.3) is 0 Å². The number of nitrogens with zero attached hydrogens (tertiary/aromatic N) is 2.